The van der Waals surface area contributed by atoms with Crippen molar-refractivity contribution in [1.29, 1.82) is 0 Å². The van der Waals surface area contributed by atoms with Crippen LogP contribution >= 0.6 is 35.1 Å². The molecule has 0 radical (unpaired) electrons. The highest BCUT2D eigenvalue weighted by atomic mass is 35.5. The zero-order valence-electron chi connectivity index (χ0n) is 29.1. The lowest BCUT2D eigenvalue weighted by Crippen LogP contribution is -2.55. The molecular weight excluding hydrogens is 652 g/mol. The number of hydrogen-bond acceptors (Lipinski definition) is 6. The van der Waals surface area contributed by atoms with Crippen molar-refractivity contribution in [3.05, 3.63) is 87.3 Å². The van der Waals surface area contributed by atoms with Gasteiger partial charge < -0.3 is 14.7 Å². The summed E-state index contributed by atoms with van der Waals surface area (Å²) in [5, 5.41) is 0.632. The van der Waals surface area contributed by atoms with E-state index in [1.54, 1.807) is 11.9 Å². The van der Waals surface area contributed by atoms with E-state index in [-0.39, 0.29) is 23.0 Å². The molecule has 6 rings (SSSR count). The molecule has 3 saturated heterocycles. The van der Waals surface area contributed by atoms with Crippen molar-refractivity contribution >= 4 is 46.9 Å². The van der Waals surface area contributed by atoms with Gasteiger partial charge in [0.1, 0.15) is 16.8 Å². The molecule has 2 bridgehead atoms. The van der Waals surface area contributed by atoms with Crippen LogP contribution in [0.3, 0.4) is 0 Å². The van der Waals surface area contributed by atoms with E-state index < -0.39 is 5.82 Å². The maximum atomic E-state index is 13.5. The van der Waals surface area contributed by atoms with E-state index in [4.69, 9.17) is 28.2 Å². The van der Waals surface area contributed by atoms with Gasteiger partial charge in [-0.2, -0.15) is 0 Å². The van der Waals surface area contributed by atoms with Crippen LogP contribution in [0.1, 0.15) is 75.9 Å². The average molecular weight is 705 g/mol. The molecule has 2 aromatic carbocycles. The lowest BCUT2D eigenvalue weighted by molar-refractivity contribution is 0.0717. The smallest absolute Gasteiger partial charge is 0.255 e. The van der Waals surface area contributed by atoms with E-state index in [0.717, 1.165) is 62.7 Å². The van der Waals surface area contributed by atoms with Crippen molar-refractivity contribution in [2.75, 3.05) is 50.7 Å². The second-order valence-electron chi connectivity index (χ2n) is 11.2. The first-order valence-corrected chi connectivity index (χ1v) is 18.8. The second kappa shape index (κ2) is 19.6. The summed E-state index contributed by atoms with van der Waals surface area (Å²) in [6.45, 7) is 20.4. The Hall–Kier alpha value is -2.36. The summed E-state index contributed by atoms with van der Waals surface area (Å²) in [7, 11) is 0. The SMILES string of the molecule is CC.CC.CC.Cc1ccc(CCN2CCN(Sc3cc(Cl)nc(N4C5CCC4CN(C(=O)c4ccc(F)cc4Cl)C5)c3)CC2)cc1. The molecule has 0 spiro atoms. The second-order valence-corrected chi connectivity index (χ2v) is 13.2. The molecule has 3 aliphatic rings. The molecule has 0 saturated carbocycles. The third kappa shape index (κ3) is 10.6. The Morgan fingerprint density at radius 1 is 0.872 bits per heavy atom. The topological polar surface area (TPSA) is 42.9 Å². The maximum Gasteiger partial charge on any atom is 0.255 e. The lowest BCUT2D eigenvalue weighted by Gasteiger charge is -2.42. The summed E-state index contributed by atoms with van der Waals surface area (Å²) in [5.74, 6) is 0.271. The first-order valence-electron chi connectivity index (χ1n) is 17.2. The van der Waals surface area contributed by atoms with Gasteiger partial charge in [0, 0.05) is 62.8 Å². The lowest BCUT2D eigenvalue weighted by atomic mass is 10.1. The van der Waals surface area contributed by atoms with Crippen molar-refractivity contribution in [2.45, 2.75) is 84.7 Å². The molecule has 1 aromatic heterocycles. The van der Waals surface area contributed by atoms with E-state index in [2.05, 4.69) is 51.4 Å². The number of benzene rings is 2. The fourth-order valence-electron chi connectivity index (χ4n) is 6.16. The minimum atomic E-state index is -0.447. The number of rotatable bonds is 7. The van der Waals surface area contributed by atoms with Crippen LogP contribution in [0.25, 0.3) is 0 Å². The normalized spacial score (nSPS) is 19.1. The van der Waals surface area contributed by atoms with Crippen LogP contribution in [-0.2, 0) is 6.42 Å². The zero-order chi connectivity index (χ0) is 34.5. The number of hydrogen-bond donors (Lipinski definition) is 0. The first kappa shape index (κ1) is 39.1. The van der Waals surface area contributed by atoms with Crippen LogP contribution in [0.5, 0.6) is 0 Å². The number of carbonyl (C=O) groups excluding carboxylic acids is 1. The summed E-state index contributed by atoms with van der Waals surface area (Å²) in [5.41, 5.74) is 3.04. The predicted octanol–water partition coefficient (Wildman–Crippen LogP) is 9.28. The Labute approximate surface area is 296 Å². The van der Waals surface area contributed by atoms with Crippen molar-refractivity contribution in [1.82, 2.24) is 19.1 Å². The molecule has 2 unspecified atom stereocenters. The predicted molar refractivity (Wildman–Crippen MR) is 199 cm³/mol. The molecule has 2 atom stereocenters. The van der Waals surface area contributed by atoms with E-state index in [1.165, 1.54) is 29.3 Å². The maximum absolute atomic E-state index is 13.5. The Morgan fingerprint density at radius 2 is 1.49 bits per heavy atom. The molecule has 1 amide bonds. The number of nitrogens with zero attached hydrogens (tertiary/aromatic N) is 5. The Kier molecular flexibility index (Phi) is 16.3. The first-order chi connectivity index (χ1) is 22.8. The van der Waals surface area contributed by atoms with Gasteiger partial charge >= 0.3 is 0 Å². The van der Waals surface area contributed by atoms with Gasteiger partial charge in [-0.1, -0.05) is 94.6 Å². The van der Waals surface area contributed by atoms with Crippen molar-refractivity contribution < 1.29 is 9.18 Å². The number of halogens is 3. The molecule has 6 nitrogen and oxygen atoms in total. The van der Waals surface area contributed by atoms with Crippen LogP contribution in [-0.4, -0.2) is 82.9 Å². The van der Waals surface area contributed by atoms with Crippen LogP contribution in [0, 0.1) is 12.7 Å². The van der Waals surface area contributed by atoms with Gasteiger partial charge in [0.2, 0.25) is 0 Å². The summed E-state index contributed by atoms with van der Waals surface area (Å²) < 4.78 is 15.9. The number of likely N-dealkylation sites (tertiary alicyclic amines) is 1. The fourth-order valence-corrected chi connectivity index (χ4v) is 7.64. The van der Waals surface area contributed by atoms with Crippen LogP contribution < -0.4 is 4.90 Å². The number of piperazine rings is 2. The van der Waals surface area contributed by atoms with Crippen LogP contribution in [0.2, 0.25) is 10.2 Å². The molecule has 258 valence electrons. The minimum Gasteiger partial charge on any atom is -0.347 e. The molecule has 3 aliphatic heterocycles. The quantitative estimate of drug-likeness (QED) is 0.181. The van der Waals surface area contributed by atoms with Crippen LogP contribution in [0.4, 0.5) is 10.2 Å². The minimum absolute atomic E-state index is 0.148. The number of aromatic nitrogens is 1. The Bertz CT molecular complexity index is 1390. The number of fused-ring (bicyclic) bond motifs is 2. The van der Waals surface area contributed by atoms with Crippen molar-refractivity contribution in [3.63, 3.8) is 0 Å². The van der Waals surface area contributed by atoms with Gasteiger partial charge in [-0.15, -0.1) is 0 Å². The Balaban J connectivity index is 0.000000947. The zero-order valence-corrected chi connectivity index (χ0v) is 31.4. The summed E-state index contributed by atoms with van der Waals surface area (Å²) in [6.07, 6.45) is 3.04. The third-order valence-corrected chi connectivity index (χ3v) is 9.93. The molecule has 3 fully saturated rings. The molecule has 0 aliphatic carbocycles. The Morgan fingerprint density at radius 3 is 2.09 bits per heavy atom. The fraction of sp³-hybridized carbons (Fsp3) is 0.514. The van der Waals surface area contributed by atoms with E-state index in [1.807, 2.05) is 52.5 Å². The molecule has 3 aromatic rings. The van der Waals surface area contributed by atoms with E-state index in [0.29, 0.717) is 23.8 Å². The number of pyridine rings is 1. The number of carbonyl (C=O) groups is 1. The van der Waals surface area contributed by atoms with Crippen LogP contribution in [0.15, 0.2) is 59.5 Å². The highest BCUT2D eigenvalue weighted by molar-refractivity contribution is 7.97. The van der Waals surface area contributed by atoms with Gasteiger partial charge in [0.05, 0.1) is 10.6 Å². The molecule has 0 N–H and O–H groups in total. The summed E-state index contributed by atoms with van der Waals surface area (Å²) in [6, 6.07) is 17.2. The third-order valence-electron chi connectivity index (χ3n) is 8.35. The largest absolute Gasteiger partial charge is 0.347 e. The van der Waals surface area contributed by atoms with Crippen molar-refractivity contribution in [2.24, 2.45) is 0 Å². The molecule has 47 heavy (non-hydrogen) atoms. The monoisotopic (exact) mass is 703 g/mol. The average Bonchev–Trinajstić information content (AvgIpc) is 3.36. The molecule has 4 heterocycles. The highest BCUT2D eigenvalue weighted by Gasteiger charge is 2.42. The number of amides is 1. The van der Waals surface area contributed by atoms with E-state index in [9.17, 15) is 9.18 Å². The number of aryl methyl sites for hydroxylation is 1. The van der Waals surface area contributed by atoms with Gasteiger partial charge in [-0.25, -0.2) is 13.7 Å². The summed E-state index contributed by atoms with van der Waals surface area (Å²) >= 11 is 14.5. The van der Waals surface area contributed by atoms with Gasteiger partial charge in [-0.05, 0) is 74.0 Å². The van der Waals surface area contributed by atoms with Gasteiger partial charge in [0.15, 0.2) is 0 Å². The van der Waals surface area contributed by atoms with Gasteiger partial charge in [0.25, 0.3) is 5.91 Å². The molecule has 10 heteroatoms. The van der Waals surface area contributed by atoms with E-state index >= 15 is 0 Å². The summed E-state index contributed by atoms with van der Waals surface area (Å²) in [4.78, 5) is 25.7. The molecular formula is C37H52Cl2FN5OS. The standard InChI is InChI=1S/C31H34Cl2FN5OS.3C2H6/c1-21-2-4-22(5-3-21)10-11-36-12-14-38(15-13-36)41-26-17-29(33)35-30(18-26)39-24-7-8-25(39)20-37(19-24)31(40)27-9-6-23(34)16-28(27)32;3*1-2/h2-6,9,16-18,24-25H,7-8,10-15,19-20H2,1H3;3*1-2H3. The van der Waals surface area contributed by atoms with Gasteiger partial charge in [-0.3, -0.25) is 4.79 Å². The van der Waals surface area contributed by atoms with Crippen molar-refractivity contribution in [3.8, 4) is 0 Å². The highest BCUT2D eigenvalue weighted by Crippen LogP contribution is 2.38. The number of anilines is 1.